The fourth-order valence-electron chi connectivity index (χ4n) is 2.33. The van der Waals surface area contributed by atoms with E-state index in [0.717, 1.165) is 18.5 Å². The maximum Gasteiger partial charge on any atom is 0.224 e. The molecule has 0 saturated heterocycles. The fraction of sp³-hybridized carbons (Fsp3) is 0.400. The van der Waals surface area contributed by atoms with Crippen molar-refractivity contribution in [2.75, 3.05) is 0 Å². The molecule has 1 N–H and O–H groups in total. The number of carbonyl (C=O) groups is 1. The average Bonchev–Trinajstić information content (AvgIpc) is 2.31. The molecule has 4 heteroatoms. The minimum Gasteiger partial charge on any atom is -0.326 e. The number of hydrogen-bond acceptors (Lipinski definition) is 1. The number of allylic oxidation sites excluding steroid dienone is 1. The van der Waals surface area contributed by atoms with E-state index in [2.05, 4.69) is 19.2 Å². The molecule has 1 aromatic carbocycles. The van der Waals surface area contributed by atoms with Crippen LogP contribution >= 0.6 is 11.6 Å². The molecule has 1 aliphatic rings. The van der Waals surface area contributed by atoms with Crippen LogP contribution in [0.1, 0.15) is 38.7 Å². The molecule has 0 fully saturated rings. The predicted octanol–water partition coefficient (Wildman–Crippen LogP) is 4.15. The maximum absolute atomic E-state index is 13.1. The van der Waals surface area contributed by atoms with Gasteiger partial charge in [0.2, 0.25) is 5.91 Å². The Hall–Kier alpha value is -1.35. The molecule has 0 atom stereocenters. The smallest absolute Gasteiger partial charge is 0.224 e. The number of hydrogen-bond donors (Lipinski definition) is 1. The lowest BCUT2D eigenvalue weighted by molar-refractivity contribution is -0.120. The zero-order valence-corrected chi connectivity index (χ0v) is 11.9. The summed E-state index contributed by atoms with van der Waals surface area (Å²) >= 11 is 6.09. The number of carbonyl (C=O) groups excluding carboxylic acids is 1. The van der Waals surface area contributed by atoms with Crippen LogP contribution in [0.3, 0.4) is 0 Å². The van der Waals surface area contributed by atoms with E-state index in [-0.39, 0.29) is 11.7 Å². The molecule has 102 valence electrons. The monoisotopic (exact) mass is 281 g/mol. The lowest BCUT2D eigenvalue weighted by atomic mass is 9.92. The van der Waals surface area contributed by atoms with Crippen molar-refractivity contribution in [2.24, 2.45) is 5.92 Å². The van der Waals surface area contributed by atoms with Gasteiger partial charge in [0.05, 0.1) is 5.02 Å². The fourth-order valence-corrected chi connectivity index (χ4v) is 2.59. The van der Waals surface area contributed by atoms with Gasteiger partial charge in [0.25, 0.3) is 0 Å². The average molecular weight is 282 g/mol. The van der Waals surface area contributed by atoms with Crippen LogP contribution in [0.25, 0.3) is 5.70 Å². The van der Waals surface area contributed by atoms with Gasteiger partial charge in [-0.25, -0.2) is 4.39 Å². The molecule has 1 heterocycles. The Bertz CT molecular complexity index is 537. The minimum atomic E-state index is -0.373. The first-order valence-corrected chi connectivity index (χ1v) is 6.82. The van der Waals surface area contributed by atoms with Crippen molar-refractivity contribution < 1.29 is 9.18 Å². The molecule has 1 aromatic rings. The summed E-state index contributed by atoms with van der Waals surface area (Å²) in [6, 6.07) is 4.26. The van der Waals surface area contributed by atoms with E-state index in [9.17, 15) is 9.18 Å². The summed E-state index contributed by atoms with van der Waals surface area (Å²) in [5.41, 5.74) is 2.64. The topological polar surface area (TPSA) is 29.1 Å². The summed E-state index contributed by atoms with van der Waals surface area (Å²) in [7, 11) is 0. The molecule has 0 bridgehead atoms. The van der Waals surface area contributed by atoms with Gasteiger partial charge in [0, 0.05) is 17.7 Å². The quantitative estimate of drug-likeness (QED) is 0.886. The summed E-state index contributed by atoms with van der Waals surface area (Å²) in [5.74, 6) is 0.115. The molecule has 0 spiro atoms. The van der Waals surface area contributed by atoms with Crippen LogP contribution in [0, 0.1) is 11.7 Å². The Balaban J connectivity index is 2.46. The normalized spacial score (nSPS) is 15.9. The first-order chi connectivity index (χ1) is 8.97. The van der Waals surface area contributed by atoms with Crippen molar-refractivity contribution in [3.8, 4) is 0 Å². The largest absolute Gasteiger partial charge is 0.326 e. The minimum absolute atomic E-state index is 0.0112. The van der Waals surface area contributed by atoms with Crippen LogP contribution in [0.15, 0.2) is 23.8 Å². The van der Waals surface area contributed by atoms with Gasteiger partial charge in [-0.05, 0) is 42.5 Å². The molecule has 2 rings (SSSR count). The van der Waals surface area contributed by atoms with Gasteiger partial charge >= 0.3 is 0 Å². The van der Waals surface area contributed by atoms with Crippen molar-refractivity contribution >= 4 is 23.2 Å². The summed E-state index contributed by atoms with van der Waals surface area (Å²) in [5, 5.41) is 3.21. The van der Waals surface area contributed by atoms with Crippen LogP contribution in [0.2, 0.25) is 5.02 Å². The second kappa shape index (κ2) is 5.74. The van der Waals surface area contributed by atoms with Gasteiger partial charge < -0.3 is 5.32 Å². The highest BCUT2D eigenvalue weighted by Crippen LogP contribution is 2.32. The lowest BCUT2D eigenvalue weighted by Crippen LogP contribution is -2.27. The van der Waals surface area contributed by atoms with Gasteiger partial charge in [-0.2, -0.15) is 0 Å². The number of rotatable bonds is 3. The molecular weight excluding hydrogens is 265 g/mol. The van der Waals surface area contributed by atoms with Crippen LogP contribution in [-0.4, -0.2) is 5.91 Å². The Morgan fingerprint density at radius 3 is 2.74 bits per heavy atom. The third kappa shape index (κ3) is 3.35. The standard InChI is InChI=1S/C15H17ClFNO/c1-9(2)7-10-3-6-14(19)18-15(10)12-5-4-11(17)8-13(12)16/h4-5,8-9H,3,6-7H2,1-2H3,(H,18,19). The third-order valence-electron chi connectivity index (χ3n) is 3.13. The Kier molecular flexibility index (Phi) is 4.25. The molecular formula is C15H17ClFNO. The SMILES string of the molecule is CC(C)CC1=C(c2ccc(F)cc2Cl)NC(=O)CC1. The second-order valence-electron chi connectivity index (χ2n) is 5.25. The zero-order valence-electron chi connectivity index (χ0n) is 11.1. The van der Waals surface area contributed by atoms with Crippen LogP contribution in [0.4, 0.5) is 4.39 Å². The Morgan fingerprint density at radius 2 is 2.11 bits per heavy atom. The van der Waals surface area contributed by atoms with E-state index in [4.69, 9.17) is 11.6 Å². The summed E-state index contributed by atoms with van der Waals surface area (Å²) in [4.78, 5) is 11.6. The van der Waals surface area contributed by atoms with Gasteiger partial charge in [-0.3, -0.25) is 4.79 Å². The molecule has 0 aromatic heterocycles. The number of halogens is 2. The van der Waals surface area contributed by atoms with Crippen molar-refractivity contribution in [2.45, 2.75) is 33.1 Å². The van der Waals surface area contributed by atoms with Gasteiger partial charge in [-0.1, -0.05) is 25.4 Å². The van der Waals surface area contributed by atoms with Gasteiger partial charge in [0.15, 0.2) is 0 Å². The highest BCUT2D eigenvalue weighted by Gasteiger charge is 2.21. The molecule has 19 heavy (non-hydrogen) atoms. The Morgan fingerprint density at radius 1 is 1.37 bits per heavy atom. The maximum atomic E-state index is 13.1. The molecule has 0 aliphatic carbocycles. The van der Waals surface area contributed by atoms with E-state index in [1.54, 1.807) is 6.07 Å². The number of benzene rings is 1. The van der Waals surface area contributed by atoms with E-state index in [0.29, 0.717) is 22.9 Å². The van der Waals surface area contributed by atoms with E-state index in [1.165, 1.54) is 17.7 Å². The second-order valence-corrected chi connectivity index (χ2v) is 5.66. The first-order valence-electron chi connectivity index (χ1n) is 6.44. The molecule has 0 unspecified atom stereocenters. The van der Waals surface area contributed by atoms with Crippen LogP contribution in [-0.2, 0) is 4.79 Å². The summed E-state index contributed by atoms with van der Waals surface area (Å²) < 4.78 is 13.1. The third-order valence-corrected chi connectivity index (χ3v) is 3.44. The molecule has 0 saturated carbocycles. The lowest BCUT2D eigenvalue weighted by Gasteiger charge is -2.23. The van der Waals surface area contributed by atoms with Crippen molar-refractivity contribution in [3.63, 3.8) is 0 Å². The van der Waals surface area contributed by atoms with Crippen LogP contribution in [0.5, 0.6) is 0 Å². The van der Waals surface area contributed by atoms with Gasteiger partial charge in [-0.15, -0.1) is 0 Å². The molecule has 0 radical (unpaired) electrons. The highest BCUT2D eigenvalue weighted by atomic mass is 35.5. The Labute approximate surface area is 117 Å². The first kappa shape index (κ1) is 14.1. The van der Waals surface area contributed by atoms with Crippen molar-refractivity contribution in [3.05, 3.63) is 40.2 Å². The summed E-state index contributed by atoms with van der Waals surface area (Å²) in [6.07, 6.45) is 2.15. The van der Waals surface area contributed by atoms with Crippen LogP contribution < -0.4 is 5.32 Å². The van der Waals surface area contributed by atoms with E-state index < -0.39 is 0 Å². The molecule has 2 nitrogen and oxygen atoms in total. The zero-order chi connectivity index (χ0) is 14.0. The van der Waals surface area contributed by atoms with E-state index in [1.807, 2.05) is 0 Å². The highest BCUT2D eigenvalue weighted by molar-refractivity contribution is 6.32. The predicted molar refractivity (Wildman–Crippen MR) is 75.2 cm³/mol. The van der Waals surface area contributed by atoms with Gasteiger partial charge in [0.1, 0.15) is 5.82 Å². The molecule has 1 aliphatic heterocycles. The number of nitrogens with one attached hydrogen (secondary N) is 1. The molecule has 1 amide bonds. The summed E-state index contributed by atoms with van der Waals surface area (Å²) in [6.45, 7) is 4.26. The van der Waals surface area contributed by atoms with Crippen molar-refractivity contribution in [1.82, 2.24) is 5.32 Å². The van der Waals surface area contributed by atoms with E-state index >= 15 is 0 Å². The van der Waals surface area contributed by atoms with Crippen molar-refractivity contribution in [1.29, 1.82) is 0 Å². The number of amides is 1.